The Bertz CT molecular complexity index is 415. The normalized spacial score (nSPS) is 9.64. The Morgan fingerprint density at radius 1 is 0.714 bits per heavy atom. The Balaban J connectivity index is 2.39. The van der Waals surface area contributed by atoms with Crippen LogP contribution in [-0.4, -0.2) is 13.5 Å². The first kappa shape index (κ1) is 8.95. The molecule has 0 aliphatic heterocycles. The predicted molar refractivity (Wildman–Crippen MR) is 64.2 cm³/mol. The van der Waals surface area contributed by atoms with Crippen LogP contribution in [0.25, 0.3) is 11.1 Å². The molecule has 0 heterocycles. The first-order chi connectivity index (χ1) is 6.90. The van der Waals surface area contributed by atoms with E-state index in [4.69, 9.17) is 0 Å². The molecule has 1 heteroatoms. The van der Waals surface area contributed by atoms with Gasteiger partial charge < -0.3 is 0 Å². The van der Waals surface area contributed by atoms with E-state index in [2.05, 4.69) is 56.0 Å². The minimum absolute atomic E-state index is 1.16. The summed E-state index contributed by atoms with van der Waals surface area (Å²) < 4.78 is 0. The molecule has 0 bridgehead atoms. The van der Waals surface area contributed by atoms with Crippen molar-refractivity contribution in [2.45, 2.75) is 0 Å². The van der Waals surface area contributed by atoms with Gasteiger partial charge in [0.2, 0.25) is 0 Å². The van der Waals surface area contributed by atoms with Crippen LogP contribution in [-0.2, 0) is 0 Å². The third-order valence-electron chi connectivity index (χ3n) is 2.25. The molecular weight excluding hydrogens is 167 g/mol. The van der Waals surface area contributed by atoms with Gasteiger partial charge in [0, 0.05) is 0 Å². The van der Waals surface area contributed by atoms with Gasteiger partial charge in [-0.2, -0.15) is 0 Å². The molecule has 2 rings (SSSR count). The molecule has 2 aromatic rings. The van der Waals surface area contributed by atoms with Gasteiger partial charge in [0.1, 0.15) is 0 Å². The zero-order chi connectivity index (χ0) is 9.80. The summed E-state index contributed by atoms with van der Waals surface area (Å²) in [4.78, 5) is 0. The first-order valence-electron chi connectivity index (χ1n) is 4.68. The van der Waals surface area contributed by atoms with E-state index >= 15 is 0 Å². The molecule has 0 saturated carbocycles. The second-order valence-corrected chi connectivity index (χ2v) is 3.19. The minimum atomic E-state index is 1.16. The van der Waals surface area contributed by atoms with Crippen molar-refractivity contribution in [1.29, 1.82) is 0 Å². The Kier molecular flexibility index (Phi) is 2.59. The van der Waals surface area contributed by atoms with Crippen molar-refractivity contribution in [1.82, 2.24) is 0 Å². The molecule has 0 amide bonds. The van der Waals surface area contributed by atoms with Gasteiger partial charge >= 0.3 is 84.7 Å². The molecule has 0 aromatic heterocycles. The zero-order valence-corrected chi connectivity index (χ0v) is 7.98. The molecule has 14 heavy (non-hydrogen) atoms. The van der Waals surface area contributed by atoms with Gasteiger partial charge in [0.15, 0.2) is 0 Å². The summed E-state index contributed by atoms with van der Waals surface area (Å²) >= 11 is 0. The number of hydrogen-bond donors (Lipinski definition) is 0. The van der Waals surface area contributed by atoms with Crippen molar-refractivity contribution in [3.05, 3.63) is 60.2 Å². The van der Waals surface area contributed by atoms with Gasteiger partial charge in [-0.15, -0.1) is 0 Å². The summed E-state index contributed by atoms with van der Waals surface area (Å²) in [5.74, 6) is 1.86. The van der Waals surface area contributed by atoms with Gasteiger partial charge in [-0.1, -0.05) is 0 Å². The van der Waals surface area contributed by atoms with Gasteiger partial charge in [-0.3, -0.25) is 0 Å². The molecule has 0 unspecified atom stereocenters. The van der Waals surface area contributed by atoms with Crippen molar-refractivity contribution >= 4 is 13.5 Å². The van der Waals surface area contributed by atoms with Crippen LogP contribution in [0, 0.1) is 0 Å². The standard InChI is InChI=1S/C13H11B/c14-10-11-6-8-13(9-7-11)12-4-2-1-3-5-12/h1-10,14H. The van der Waals surface area contributed by atoms with E-state index in [0.717, 1.165) is 5.56 Å². The Hall–Kier alpha value is -1.63. The van der Waals surface area contributed by atoms with Gasteiger partial charge in [0.25, 0.3) is 0 Å². The molecule has 2 aromatic carbocycles. The van der Waals surface area contributed by atoms with Gasteiger partial charge in [-0.05, 0) is 0 Å². The fraction of sp³-hybridized carbons (Fsp3) is 0. The molecule has 0 spiro atoms. The van der Waals surface area contributed by atoms with Crippen molar-refractivity contribution in [2.75, 3.05) is 0 Å². The molecule has 66 valence electrons. The van der Waals surface area contributed by atoms with Crippen LogP contribution in [0.4, 0.5) is 0 Å². The molecule has 0 N–H and O–H groups in total. The van der Waals surface area contributed by atoms with E-state index in [-0.39, 0.29) is 0 Å². The number of rotatable bonds is 2. The Morgan fingerprint density at radius 3 is 1.86 bits per heavy atom. The second-order valence-electron chi connectivity index (χ2n) is 3.19. The predicted octanol–water partition coefficient (Wildman–Crippen LogP) is 2.40. The fourth-order valence-corrected chi connectivity index (χ4v) is 1.44. The number of benzene rings is 2. The van der Waals surface area contributed by atoms with Gasteiger partial charge in [0.05, 0.1) is 0 Å². The van der Waals surface area contributed by atoms with Gasteiger partial charge in [-0.25, -0.2) is 0 Å². The Morgan fingerprint density at radius 2 is 1.29 bits per heavy atom. The van der Waals surface area contributed by atoms with Crippen molar-refractivity contribution in [3.8, 4) is 11.1 Å². The summed E-state index contributed by atoms with van der Waals surface area (Å²) in [7, 11) is 3.73. The van der Waals surface area contributed by atoms with Crippen molar-refractivity contribution < 1.29 is 0 Å². The van der Waals surface area contributed by atoms with Crippen LogP contribution >= 0.6 is 0 Å². The first-order valence-corrected chi connectivity index (χ1v) is 4.68. The van der Waals surface area contributed by atoms with Crippen LogP contribution in [0.2, 0.25) is 0 Å². The molecule has 0 radical (unpaired) electrons. The summed E-state index contributed by atoms with van der Waals surface area (Å²) in [5.41, 5.74) is 3.66. The van der Waals surface area contributed by atoms with E-state index in [9.17, 15) is 0 Å². The molecule has 0 fully saturated rings. The molecule has 0 atom stereocenters. The molecule has 0 nitrogen and oxygen atoms in total. The average Bonchev–Trinajstić information content (AvgIpc) is 2.30. The maximum atomic E-state index is 3.73. The molecule has 0 saturated heterocycles. The third-order valence-corrected chi connectivity index (χ3v) is 2.25. The van der Waals surface area contributed by atoms with Crippen molar-refractivity contribution in [3.63, 3.8) is 0 Å². The zero-order valence-electron chi connectivity index (χ0n) is 7.98. The van der Waals surface area contributed by atoms with E-state index in [1.165, 1.54) is 11.1 Å². The topological polar surface area (TPSA) is 0 Å². The van der Waals surface area contributed by atoms with Crippen LogP contribution in [0.1, 0.15) is 5.56 Å². The molecule has 0 aliphatic rings. The number of hydrogen-bond acceptors (Lipinski definition) is 0. The second kappa shape index (κ2) is 4.06. The summed E-state index contributed by atoms with van der Waals surface area (Å²) in [6.07, 6.45) is 0. The Labute approximate surface area is 85.3 Å². The van der Waals surface area contributed by atoms with E-state index in [0.29, 0.717) is 0 Å². The van der Waals surface area contributed by atoms with Crippen LogP contribution in [0.15, 0.2) is 54.6 Å². The monoisotopic (exact) mass is 178 g/mol. The van der Waals surface area contributed by atoms with Crippen LogP contribution in [0.5, 0.6) is 0 Å². The quantitative estimate of drug-likeness (QED) is 0.619. The maximum absolute atomic E-state index is 3.73. The molecular formula is C13H11B. The average molecular weight is 178 g/mol. The van der Waals surface area contributed by atoms with E-state index < -0.39 is 0 Å². The van der Waals surface area contributed by atoms with E-state index in [1.807, 2.05) is 12.0 Å². The summed E-state index contributed by atoms with van der Waals surface area (Å²) in [6, 6.07) is 18.8. The van der Waals surface area contributed by atoms with Crippen LogP contribution < -0.4 is 0 Å². The fourth-order valence-electron chi connectivity index (χ4n) is 1.44. The summed E-state index contributed by atoms with van der Waals surface area (Å²) in [5, 5.41) is 0. The van der Waals surface area contributed by atoms with Crippen LogP contribution in [0.3, 0.4) is 0 Å². The van der Waals surface area contributed by atoms with Crippen molar-refractivity contribution in [2.24, 2.45) is 0 Å². The summed E-state index contributed by atoms with van der Waals surface area (Å²) in [6.45, 7) is 0. The molecule has 0 aliphatic carbocycles. The SMILES string of the molecule is B=Cc1ccc(-c2ccccc2)cc1. The third kappa shape index (κ3) is 1.82. The van der Waals surface area contributed by atoms with E-state index in [1.54, 1.807) is 0 Å².